The van der Waals surface area contributed by atoms with Gasteiger partial charge in [-0.1, -0.05) is 11.6 Å². The van der Waals surface area contributed by atoms with Gasteiger partial charge >= 0.3 is 6.01 Å². The van der Waals surface area contributed by atoms with E-state index in [4.69, 9.17) is 22.1 Å². The molecule has 1 aliphatic heterocycles. The van der Waals surface area contributed by atoms with Crippen LogP contribution in [0.2, 0.25) is 0 Å². The number of ether oxygens (including phenoxy) is 1. The normalized spacial score (nSPS) is 12.8. The van der Waals surface area contributed by atoms with E-state index in [0.29, 0.717) is 24.1 Å². The molecule has 0 radical (unpaired) electrons. The SMILES string of the molecule is Cl.Cl.NCCc1cn2c(n1)OC=C(Cl)C2. The molecule has 4 nitrogen and oxygen atoms in total. The Balaban J connectivity index is 0.000000980. The first-order valence-corrected chi connectivity index (χ1v) is 4.44. The van der Waals surface area contributed by atoms with Crippen LogP contribution in [0.3, 0.4) is 0 Å². The molecule has 0 aromatic carbocycles. The maximum atomic E-state index is 5.79. The molecule has 2 N–H and O–H groups in total. The summed E-state index contributed by atoms with van der Waals surface area (Å²) in [5.74, 6) is 0. The molecule has 0 fully saturated rings. The standard InChI is InChI=1S/C8H10ClN3O.2ClH/c9-6-3-12-4-7(1-2-10)11-8(12)13-5-6;;/h4-5H,1-3,10H2;2*1H. The first-order chi connectivity index (χ1) is 6.29. The second kappa shape index (κ2) is 6.23. The van der Waals surface area contributed by atoms with Gasteiger partial charge in [0.2, 0.25) is 0 Å². The van der Waals surface area contributed by atoms with Crippen molar-refractivity contribution >= 4 is 36.4 Å². The lowest BCUT2D eigenvalue weighted by molar-refractivity contribution is 0.392. The summed E-state index contributed by atoms with van der Waals surface area (Å²) in [6.45, 7) is 1.23. The molecule has 0 amide bonds. The number of hydrogen-bond acceptors (Lipinski definition) is 3. The van der Waals surface area contributed by atoms with E-state index in [1.165, 1.54) is 6.26 Å². The topological polar surface area (TPSA) is 53.1 Å². The second-order valence-electron chi connectivity index (χ2n) is 2.86. The van der Waals surface area contributed by atoms with Gasteiger partial charge in [-0.2, -0.15) is 4.98 Å². The van der Waals surface area contributed by atoms with Crippen LogP contribution in [-0.4, -0.2) is 16.1 Å². The smallest absolute Gasteiger partial charge is 0.301 e. The van der Waals surface area contributed by atoms with Crippen molar-refractivity contribution in [1.82, 2.24) is 9.55 Å². The minimum Gasteiger partial charge on any atom is -0.432 e. The highest BCUT2D eigenvalue weighted by atomic mass is 35.5. The third-order valence-corrected chi connectivity index (χ3v) is 2.01. The first-order valence-electron chi connectivity index (χ1n) is 4.07. The molecule has 0 saturated carbocycles. The number of rotatable bonds is 2. The average Bonchev–Trinajstić information content (AvgIpc) is 2.46. The Morgan fingerprint density at radius 1 is 1.53 bits per heavy atom. The third kappa shape index (κ3) is 3.28. The Bertz CT molecular complexity index is 351. The number of nitrogens with two attached hydrogens (primary N) is 1. The van der Waals surface area contributed by atoms with Gasteiger partial charge in [0.25, 0.3) is 0 Å². The fourth-order valence-electron chi connectivity index (χ4n) is 1.24. The van der Waals surface area contributed by atoms with E-state index in [0.717, 1.165) is 12.1 Å². The van der Waals surface area contributed by atoms with Crippen molar-refractivity contribution in [3.05, 3.63) is 23.2 Å². The molecule has 15 heavy (non-hydrogen) atoms. The van der Waals surface area contributed by atoms with Gasteiger partial charge in [-0.05, 0) is 6.54 Å². The summed E-state index contributed by atoms with van der Waals surface area (Å²) in [6, 6.07) is 0.591. The number of aromatic nitrogens is 2. The number of allylic oxidation sites excluding steroid dienone is 1. The Morgan fingerprint density at radius 3 is 2.93 bits per heavy atom. The third-order valence-electron chi connectivity index (χ3n) is 1.80. The zero-order valence-electron chi connectivity index (χ0n) is 7.85. The number of hydrogen-bond donors (Lipinski definition) is 1. The van der Waals surface area contributed by atoms with Gasteiger partial charge in [0.15, 0.2) is 0 Å². The molecule has 1 aromatic heterocycles. The summed E-state index contributed by atoms with van der Waals surface area (Å²) in [6.07, 6.45) is 4.19. The molecule has 0 atom stereocenters. The van der Waals surface area contributed by atoms with Crippen LogP contribution in [-0.2, 0) is 13.0 Å². The van der Waals surface area contributed by atoms with Gasteiger partial charge in [-0.25, -0.2) is 0 Å². The van der Waals surface area contributed by atoms with Crippen molar-refractivity contribution < 1.29 is 4.74 Å². The van der Waals surface area contributed by atoms with E-state index in [1.807, 2.05) is 10.8 Å². The summed E-state index contributed by atoms with van der Waals surface area (Å²) in [4.78, 5) is 4.23. The van der Waals surface area contributed by atoms with Gasteiger partial charge in [0.05, 0.1) is 17.3 Å². The molecule has 0 saturated heterocycles. The van der Waals surface area contributed by atoms with E-state index in [9.17, 15) is 0 Å². The van der Waals surface area contributed by atoms with Crippen LogP contribution in [0.5, 0.6) is 6.01 Å². The van der Waals surface area contributed by atoms with Gasteiger partial charge in [0.1, 0.15) is 6.26 Å². The Kier molecular flexibility index (Phi) is 6.05. The van der Waals surface area contributed by atoms with Crippen molar-refractivity contribution in [1.29, 1.82) is 0 Å². The van der Waals surface area contributed by atoms with Crippen LogP contribution in [0.1, 0.15) is 5.69 Å². The molecule has 0 bridgehead atoms. The maximum absolute atomic E-state index is 5.79. The summed E-state index contributed by atoms with van der Waals surface area (Å²) in [5, 5.41) is 0.671. The largest absolute Gasteiger partial charge is 0.432 e. The van der Waals surface area contributed by atoms with Gasteiger partial charge in [-0.3, -0.25) is 4.57 Å². The van der Waals surface area contributed by atoms with Crippen molar-refractivity contribution in [2.45, 2.75) is 13.0 Å². The molecule has 0 unspecified atom stereocenters. The minimum atomic E-state index is 0. The molecule has 1 aromatic rings. The molecule has 0 aliphatic carbocycles. The van der Waals surface area contributed by atoms with Gasteiger partial charge in [0, 0.05) is 12.6 Å². The van der Waals surface area contributed by atoms with E-state index < -0.39 is 0 Å². The average molecular weight is 273 g/mol. The summed E-state index contributed by atoms with van der Waals surface area (Å²) >= 11 is 5.79. The number of fused-ring (bicyclic) bond motifs is 1. The second-order valence-corrected chi connectivity index (χ2v) is 3.35. The van der Waals surface area contributed by atoms with Crippen molar-refractivity contribution in [3.8, 4) is 6.01 Å². The predicted octanol–water partition coefficient (Wildman–Crippen LogP) is 1.70. The highest BCUT2D eigenvalue weighted by molar-refractivity contribution is 6.29. The monoisotopic (exact) mass is 271 g/mol. The first kappa shape index (κ1) is 14.6. The van der Waals surface area contributed by atoms with Crippen molar-refractivity contribution in [2.24, 2.45) is 5.73 Å². The fourth-order valence-corrected chi connectivity index (χ4v) is 1.42. The van der Waals surface area contributed by atoms with Crippen LogP contribution in [0.25, 0.3) is 0 Å². The van der Waals surface area contributed by atoms with Crippen molar-refractivity contribution in [3.63, 3.8) is 0 Å². The molecule has 2 heterocycles. The zero-order valence-corrected chi connectivity index (χ0v) is 10.2. The molecule has 0 spiro atoms. The fraction of sp³-hybridized carbons (Fsp3) is 0.375. The van der Waals surface area contributed by atoms with Crippen LogP contribution in [0.4, 0.5) is 0 Å². The molecular weight excluding hydrogens is 260 g/mol. The lowest BCUT2D eigenvalue weighted by atomic mass is 10.3. The minimum absolute atomic E-state index is 0. The Labute approximate surface area is 105 Å². The van der Waals surface area contributed by atoms with Crippen LogP contribution in [0, 0.1) is 0 Å². The Morgan fingerprint density at radius 2 is 2.27 bits per heavy atom. The highest BCUT2D eigenvalue weighted by Gasteiger charge is 2.13. The quantitative estimate of drug-likeness (QED) is 0.891. The van der Waals surface area contributed by atoms with E-state index in [1.54, 1.807) is 0 Å². The van der Waals surface area contributed by atoms with E-state index in [2.05, 4.69) is 4.98 Å². The maximum Gasteiger partial charge on any atom is 0.301 e. The summed E-state index contributed by atoms with van der Waals surface area (Å²) < 4.78 is 7.05. The van der Waals surface area contributed by atoms with Crippen molar-refractivity contribution in [2.75, 3.05) is 6.54 Å². The number of imidazole rings is 1. The Hall–Kier alpha value is -0.420. The highest BCUT2D eigenvalue weighted by Crippen LogP contribution is 2.20. The zero-order chi connectivity index (χ0) is 9.26. The summed E-state index contributed by atoms with van der Waals surface area (Å²) in [7, 11) is 0. The van der Waals surface area contributed by atoms with Crippen LogP contribution < -0.4 is 10.5 Å². The van der Waals surface area contributed by atoms with E-state index >= 15 is 0 Å². The molecular formula is C8H12Cl3N3O. The lowest BCUT2D eigenvalue weighted by Gasteiger charge is -2.10. The lowest BCUT2D eigenvalue weighted by Crippen LogP contribution is -2.05. The molecule has 2 rings (SSSR count). The molecule has 1 aliphatic rings. The van der Waals surface area contributed by atoms with Gasteiger partial charge < -0.3 is 10.5 Å². The van der Waals surface area contributed by atoms with Crippen LogP contribution in [0.15, 0.2) is 17.5 Å². The molecule has 7 heteroatoms. The summed E-state index contributed by atoms with van der Waals surface area (Å²) in [5.41, 5.74) is 6.36. The van der Waals surface area contributed by atoms with Crippen LogP contribution >= 0.6 is 36.4 Å². The van der Waals surface area contributed by atoms with E-state index in [-0.39, 0.29) is 24.8 Å². The number of halogens is 3. The number of nitrogens with zero attached hydrogens (tertiary/aromatic N) is 2. The predicted molar refractivity (Wildman–Crippen MR) is 64.0 cm³/mol. The van der Waals surface area contributed by atoms with Gasteiger partial charge in [-0.15, -0.1) is 24.8 Å². The molecule has 86 valence electrons.